The van der Waals surface area contributed by atoms with E-state index >= 15 is 0 Å². The molecule has 0 saturated heterocycles. The van der Waals surface area contributed by atoms with Crippen LogP contribution in [0, 0.1) is 6.92 Å². The Morgan fingerprint density at radius 2 is 1.62 bits per heavy atom. The minimum Gasteiger partial charge on any atom is -0.508 e. The maximum absolute atomic E-state index is 13.1. The van der Waals surface area contributed by atoms with Gasteiger partial charge in [-0.05, 0) is 61.0 Å². The van der Waals surface area contributed by atoms with Crippen LogP contribution in [0.5, 0.6) is 11.5 Å². The van der Waals surface area contributed by atoms with E-state index in [9.17, 15) is 15.0 Å². The first-order chi connectivity index (χ1) is 12.5. The number of phenolic OH excluding ortho intramolecular Hbond substituents is 2. The van der Waals surface area contributed by atoms with E-state index < -0.39 is 0 Å². The highest BCUT2D eigenvalue weighted by atomic mass is 16.3. The summed E-state index contributed by atoms with van der Waals surface area (Å²) in [6.45, 7) is 1.97. The second-order valence-corrected chi connectivity index (χ2v) is 6.16. The van der Waals surface area contributed by atoms with Crippen molar-refractivity contribution in [2.75, 3.05) is 4.90 Å². The summed E-state index contributed by atoms with van der Waals surface area (Å²) in [5.74, 6) is -0.0971. The molecule has 2 N–H and O–H groups in total. The number of aliphatic imine (C=N–C) groups is 1. The zero-order chi connectivity index (χ0) is 18.3. The highest BCUT2D eigenvalue weighted by Gasteiger charge is 2.35. The lowest BCUT2D eigenvalue weighted by molar-refractivity contribution is -0.111. The molecule has 128 valence electrons. The van der Waals surface area contributed by atoms with E-state index in [0.29, 0.717) is 28.3 Å². The quantitative estimate of drug-likeness (QED) is 0.731. The molecule has 0 bridgehead atoms. The van der Waals surface area contributed by atoms with Crippen LogP contribution in [0.25, 0.3) is 0 Å². The van der Waals surface area contributed by atoms with Crippen LogP contribution in [0.1, 0.15) is 11.1 Å². The first-order valence-corrected chi connectivity index (χ1v) is 8.15. The van der Waals surface area contributed by atoms with E-state index in [-0.39, 0.29) is 17.4 Å². The van der Waals surface area contributed by atoms with Crippen molar-refractivity contribution < 1.29 is 15.0 Å². The van der Waals surface area contributed by atoms with E-state index in [4.69, 9.17) is 0 Å². The summed E-state index contributed by atoms with van der Waals surface area (Å²) in [5, 5.41) is 19.4. The lowest BCUT2D eigenvalue weighted by atomic mass is 10.1. The lowest BCUT2D eigenvalue weighted by Gasteiger charge is -2.17. The van der Waals surface area contributed by atoms with Crippen LogP contribution in [0.2, 0.25) is 0 Å². The Hall–Kier alpha value is -3.60. The number of benzene rings is 3. The van der Waals surface area contributed by atoms with Gasteiger partial charge in [-0.25, -0.2) is 4.99 Å². The summed E-state index contributed by atoms with van der Waals surface area (Å²) < 4.78 is 0. The van der Waals surface area contributed by atoms with Crippen LogP contribution >= 0.6 is 0 Å². The van der Waals surface area contributed by atoms with Crippen LogP contribution in [-0.2, 0) is 4.79 Å². The van der Waals surface area contributed by atoms with Gasteiger partial charge in [0, 0.05) is 17.3 Å². The average Bonchev–Trinajstić information content (AvgIpc) is 2.87. The van der Waals surface area contributed by atoms with E-state index in [2.05, 4.69) is 4.99 Å². The van der Waals surface area contributed by atoms with Crippen molar-refractivity contribution in [1.29, 1.82) is 0 Å². The van der Waals surface area contributed by atoms with Gasteiger partial charge in [-0.15, -0.1) is 0 Å². The Bertz CT molecular complexity index is 1040. The summed E-state index contributed by atoms with van der Waals surface area (Å²) in [7, 11) is 0. The Balaban J connectivity index is 1.88. The molecule has 3 aromatic carbocycles. The van der Waals surface area contributed by atoms with Gasteiger partial charge in [0.2, 0.25) is 0 Å². The maximum atomic E-state index is 13.1. The van der Waals surface area contributed by atoms with Crippen molar-refractivity contribution in [2.24, 2.45) is 4.99 Å². The van der Waals surface area contributed by atoms with Crippen LogP contribution in [0.15, 0.2) is 71.7 Å². The fraction of sp³-hybridized carbons (Fsp3) is 0.0476. The second-order valence-electron chi connectivity index (χ2n) is 6.16. The third kappa shape index (κ3) is 2.69. The van der Waals surface area contributed by atoms with Gasteiger partial charge in [-0.1, -0.05) is 12.1 Å². The molecule has 0 aliphatic carbocycles. The number of hydrogen-bond acceptors (Lipinski definition) is 4. The number of aryl methyl sites for hydroxylation is 1. The predicted octanol–water partition coefficient (Wildman–Crippen LogP) is 4.21. The Morgan fingerprint density at radius 1 is 0.885 bits per heavy atom. The van der Waals surface area contributed by atoms with Crippen molar-refractivity contribution in [3.63, 3.8) is 0 Å². The van der Waals surface area contributed by atoms with Gasteiger partial charge >= 0.3 is 0 Å². The number of amides is 1. The van der Waals surface area contributed by atoms with Crippen molar-refractivity contribution >= 4 is 28.7 Å². The average molecular weight is 344 g/mol. The molecule has 0 aromatic heterocycles. The van der Waals surface area contributed by atoms with Gasteiger partial charge in [0.25, 0.3) is 5.91 Å². The largest absolute Gasteiger partial charge is 0.508 e. The molecule has 1 aliphatic heterocycles. The number of carbonyl (C=O) groups excluding carboxylic acids is 1. The molecule has 1 amide bonds. The molecule has 0 radical (unpaired) electrons. The highest BCUT2D eigenvalue weighted by molar-refractivity contribution is 6.56. The maximum Gasteiger partial charge on any atom is 0.282 e. The molecule has 5 heteroatoms. The van der Waals surface area contributed by atoms with E-state index in [1.54, 1.807) is 24.3 Å². The summed E-state index contributed by atoms with van der Waals surface area (Å²) in [6, 6.07) is 18.7. The fourth-order valence-electron chi connectivity index (χ4n) is 3.03. The number of anilines is 2. The summed E-state index contributed by atoms with van der Waals surface area (Å²) in [5.41, 5.74) is 3.88. The normalized spacial score (nSPS) is 14.7. The number of rotatable bonds is 2. The Morgan fingerprint density at radius 3 is 2.35 bits per heavy atom. The third-order valence-corrected chi connectivity index (χ3v) is 4.23. The van der Waals surface area contributed by atoms with Crippen LogP contribution in [0.3, 0.4) is 0 Å². The van der Waals surface area contributed by atoms with Gasteiger partial charge < -0.3 is 10.2 Å². The van der Waals surface area contributed by atoms with Gasteiger partial charge in [0.05, 0.1) is 11.4 Å². The van der Waals surface area contributed by atoms with Crippen LogP contribution in [-0.4, -0.2) is 21.8 Å². The molecule has 4 rings (SSSR count). The zero-order valence-corrected chi connectivity index (χ0v) is 14.0. The number of phenols is 2. The minimum absolute atomic E-state index is 0.0668. The van der Waals surface area contributed by atoms with Crippen molar-refractivity contribution in [3.8, 4) is 11.5 Å². The number of carbonyl (C=O) groups is 1. The Labute approximate surface area is 150 Å². The van der Waals surface area contributed by atoms with E-state index in [0.717, 1.165) is 5.56 Å². The minimum atomic E-state index is -0.280. The van der Waals surface area contributed by atoms with Gasteiger partial charge in [-0.3, -0.25) is 9.69 Å². The first kappa shape index (κ1) is 15.9. The highest BCUT2D eigenvalue weighted by Crippen LogP contribution is 2.39. The van der Waals surface area contributed by atoms with E-state index in [1.165, 1.54) is 23.1 Å². The third-order valence-electron chi connectivity index (χ3n) is 4.23. The molecule has 0 spiro atoms. The van der Waals surface area contributed by atoms with Crippen molar-refractivity contribution in [2.45, 2.75) is 6.92 Å². The van der Waals surface area contributed by atoms with Gasteiger partial charge in [-0.2, -0.15) is 0 Å². The predicted molar refractivity (Wildman–Crippen MR) is 101 cm³/mol. The molecule has 0 unspecified atom stereocenters. The fourth-order valence-corrected chi connectivity index (χ4v) is 3.03. The number of fused-ring (bicyclic) bond motifs is 1. The molecule has 0 fully saturated rings. The smallest absolute Gasteiger partial charge is 0.282 e. The zero-order valence-electron chi connectivity index (χ0n) is 14.0. The molecule has 26 heavy (non-hydrogen) atoms. The van der Waals surface area contributed by atoms with Gasteiger partial charge in [0.15, 0.2) is 0 Å². The number of hydrogen-bond donors (Lipinski definition) is 2. The SMILES string of the molecule is Cc1cccc(N=C2C(=O)N(c3ccc(O)cc3)c3cc(O)ccc32)c1. The molecule has 0 saturated carbocycles. The molecular formula is C21H16N2O3. The topological polar surface area (TPSA) is 73.1 Å². The van der Waals surface area contributed by atoms with Gasteiger partial charge in [0.1, 0.15) is 17.2 Å². The standard InChI is InChI=1S/C21H16N2O3/c1-13-3-2-4-14(11-13)22-20-18-10-9-17(25)12-19(18)23(21(20)26)15-5-7-16(24)8-6-15/h2-12,24-25H,1H3. The van der Waals surface area contributed by atoms with Crippen LogP contribution in [0.4, 0.5) is 17.1 Å². The molecular weight excluding hydrogens is 328 g/mol. The number of aromatic hydroxyl groups is 2. The van der Waals surface area contributed by atoms with Crippen molar-refractivity contribution in [3.05, 3.63) is 77.9 Å². The van der Waals surface area contributed by atoms with Crippen LogP contribution < -0.4 is 4.90 Å². The first-order valence-electron chi connectivity index (χ1n) is 8.15. The van der Waals surface area contributed by atoms with E-state index in [1.807, 2.05) is 31.2 Å². The van der Waals surface area contributed by atoms with Crippen molar-refractivity contribution in [1.82, 2.24) is 0 Å². The number of nitrogens with zero attached hydrogens (tertiary/aromatic N) is 2. The molecule has 5 nitrogen and oxygen atoms in total. The molecule has 1 aliphatic rings. The summed E-state index contributed by atoms with van der Waals surface area (Å²) >= 11 is 0. The second kappa shape index (κ2) is 6.04. The monoisotopic (exact) mass is 344 g/mol. The molecule has 3 aromatic rings. The lowest BCUT2D eigenvalue weighted by Crippen LogP contribution is -2.25. The summed E-state index contributed by atoms with van der Waals surface area (Å²) in [6.07, 6.45) is 0. The molecule has 0 atom stereocenters. The Kier molecular flexibility index (Phi) is 3.69. The summed E-state index contributed by atoms with van der Waals surface area (Å²) in [4.78, 5) is 19.1. The molecule has 1 heterocycles.